The molecule has 0 aliphatic carbocycles. The van der Waals surface area contributed by atoms with Gasteiger partial charge < -0.3 is 4.57 Å². The maximum atomic E-state index is 6.09. The summed E-state index contributed by atoms with van der Waals surface area (Å²) in [4.78, 5) is 9.26. The molecule has 0 saturated heterocycles. The third kappa shape index (κ3) is 4.01. The Kier molecular flexibility index (Phi) is 5.17. The lowest BCUT2D eigenvalue weighted by molar-refractivity contribution is 0.827. The number of nitrogens with zero attached hydrogens (tertiary/aromatic N) is 3. The Bertz CT molecular complexity index is 1130. The highest BCUT2D eigenvalue weighted by Gasteiger charge is 2.10. The molecule has 0 aliphatic heterocycles. The van der Waals surface area contributed by atoms with E-state index in [1.165, 1.54) is 0 Å². The van der Waals surface area contributed by atoms with Gasteiger partial charge in [0.15, 0.2) is 0 Å². The minimum Gasteiger partial charge on any atom is -0.304 e. The van der Waals surface area contributed by atoms with Crippen molar-refractivity contribution in [2.24, 2.45) is 4.99 Å². The summed E-state index contributed by atoms with van der Waals surface area (Å²) in [6, 6.07) is 21.1. The van der Waals surface area contributed by atoms with E-state index in [1.807, 2.05) is 54.6 Å². The summed E-state index contributed by atoms with van der Waals surface area (Å²) in [5.74, 6) is 0.622. The van der Waals surface area contributed by atoms with Gasteiger partial charge in [-0.25, -0.2) is 9.98 Å². The molecule has 0 atom stereocenters. The molecule has 1 heterocycles. The van der Waals surface area contributed by atoms with Crippen molar-refractivity contribution in [3.05, 3.63) is 92.9 Å². The molecule has 0 bridgehead atoms. The first kappa shape index (κ1) is 18.1. The smallest absolute Gasteiger partial charge is 0.230 e. The zero-order valence-electron chi connectivity index (χ0n) is 14.1. The lowest BCUT2D eigenvalue weighted by atomic mass is 10.2. The first-order valence-corrected chi connectivity index (χ1v) is 9.42. The Labute approximate surface area is 171 Å². The standard InChI is InChI=1S/C21H14Cl3N3/c22-16-8-5-14(6-9-16)13-27-20-4-2-1-3-19(20)26-21(27)25-12-15-7-10-17(23)18(24)11-15/h1-12H,13H2. The summed E-state index contributed by atoms with van der Waals surface area (Å²) in [5.41, 5.74) is 3.89. The van der Waals surface area contributed by atoms with Crippen LogP contribution in [0.2, 0.25) is 15.1 Å². The van der Waals surface area contributed by atoms with Crippen molar-refractivity contribution in [3.8, 4) is 0 Å². The Morgan fingerprint density at radius 1 is 0.889 bits per heavy atom. The van der Waals surface area contributed by atoms with E-state index >= 15 is 0 Å². The Morgan fingerprint density at radius 2 is 1.67 bits per heavy atom. The predicted octanol–water partition coefficient (Wildman–Crippen LogP) is 6.80. The minimum atomic E-state index is 0.496. The molecule has 0 N–H and O–H groups in total. The second-order valence-corrected chi connectivity index (χ2v) is 7.30. The van der Waals surface area contributed by atoms with Crippen molar-refractivity contribution in [3.63, 3.8) is 0 Å². The van der Waals surface area contributed by atoms with Crippen molar-refractivity contribution in [2.75, 3.05) is 0 Å². The molecule has 27 heavy (non-hydrogen) atoms. The minimum absolute atomic E-state index is 0.496. The number of halogens is 3. The van der Waals surface area contributed by atoms with E-state index in [2.05, 4.69) is 14.5 Å². The number of fused-ring (bicyclic) bond motifs is 1. The average molecular weight is 415 g/mol. The van der Waals surface area contributed by atoms with E-state index in [-0.39, 0.29) is 0 Å². The van der Waals surface area contributed by atoms with Crippen LogP contribution < -0.4 is 0 Å². The summed E-state index contributed by atoms with van der Waals surface area (Å²) >= 11 is 18.1. The molecule has 0 amide bonds. The van der Waals surface area contributed by atoms with Crippen molar-refractivity contribution in [1.29, 1.82) is 0 Å². The van der Waals surface area contributed by atoms with Crippen LogP contribution in [0.15, 0.2) is 71.7 Å². The molecule has 0 radical (unpaired) electrons. The molecular formula is C21H14Cl3N3. The molecule has 0 saturated carbocycles. The van der Waals surface area contributed by atoms with Crippen LogP contribution in [0.25, 0.3) is 11.0 Å². The van der Waals surface area contributed by atoms with Crippen LogP contribution in [0.5, 0.6) is 0 Å². The first-order chi connectivity index (χ1) is 13.1. The normalized spacial score (nSPS) is 11.5. The van der Waals surface area contributed by atoms with Gasteiger partial charge in [-0.2, -0.15) is 0 Å². The van der Waals surface area contributed by atoms with Gasteiger partial charge in [0.2, 0.25) is 5.95 Å². The fourth-order valence-electron chi connectivity index (χ4n) is 2.81. The summed E-state index contributed by atoms with van der Waals surface area (Å²) in [6.07, 6.45) is 1.74. The van der Waals surface area contributed by atoms with Gasteiger partial charge in [-0.1, -0.05) is 65.1 Å². The van der Waals surface area contributed by atoms with E-state index in [4.69, 9.17) is 34.8 Å². The Morgan fingerprint density at radius 3 is 2.44 bits per heavy atom. The molecule has 0 aliphatic rings. The summed E-state index contributed by atoms with van der Waals surface area (Å²) < 4.78 is 2.08. The van der Waals surface area contributed by atoms with Crippen LogP contribution >= 0.6 is 34.8 Å². The number of rotatable bonds is 4. The number of aliphatic imine (C=N–C) groups is 1. The van der Waals surface area contributed by atoms with E-state index in [1.54, 1.807) is 18.3 Å². The number of para-hydroxylation sites is 2. The van der Waals surface area contributed by atoms with E-state index in [0.717, 1.165) is 22.2 Å². The van der Waals surface area contributed by atoms with Crippen molar-refractivity contribution < 1.29 is 0 Å². The van der Waals surface area contributed by atoms with Crippen LogP contribution in [0.1, 0.15) is 11.1 Å². The van der Waals surface area contributed by atoms with Gasteiger partial charge in [-0.3, -0.25) is 0 Å². The molecule has 0 unspecified atom stereocenters. The second kappa shape index (κ2) is 7.73. The zero-order valence-corrected chi connectivity index (χ0v) is 16.4. The molecule has 4 rings (SSSR count). The van der Waals surface area contributed by atoms with Gasteiger partial charge in [0.1, 0.15) is 0 Å². The number of hydrogen-bond donors (Lipinski definition) is 0. The fraction of sp³-hybridized carbons (Fsp3) is 0.0476. The number of hydrogen-bond acceptors (Lipinski definition) is 2. The highest BCUT2D eigenvalue weighted by atomic mass is 35.5. The molecule has 6 heteroatoms. The summed E-state index contributed by atoms with van der Waals surface area (Å²) in [6.45, 7) is 0.645. The topological polar surface area (TPSA) is 30.2 Å². The van der Waals surface area contributed by atoms with Gasteiger partial charge in [-0.15, -0.1) is 0 Å². The van der Waals surface area contributed by atoms with Crippen LogP contribution in [0.3, 0.4) is 0 Å². The summed E-state index contributed by atoms with van der Waals surface area (Å²) in [7, 11) is 0. The third-order valence-corrected chi connectivity index (χ3v) is 5.15. The molecule has 3 nitrogen and oxygen atoms in total. The number of aromatic nitrogens is 2. The zero-order chi connectivity index (χ0) is 18.8. The van der Waals surface area contributed by atoms with Gasteiger partial charge in [0, 0.05) is 11.2 Å². The Balaban J connectivity index is 1.74. The van der Waals surface area contributed by atoms with Gasteiger partial charge in [0.25, 0.3) is 0 Å². The van der Waals surface area contributed by atoms with Crippen LogP contribution in [-0.2, 0) is 6.54 Å². The van der Waals surface area contributed by atoms with Crippen LogP contribution in [0.4, 0.5) is 5.95 Å². The molecule has 0 spiro atoms. The SMILES string of the molecule is Clc1ccc(Cn2c(N=Cc3ccc(Cl)c(Cl)c3)nc3ccccc32)cc1. The maximum absolute atomic E-state index is 6.09. The van der Waals surface area contributed by atoms with Crippen molar-refractivity contribution in [1.82, 2.24) is 9.55 Å². The van der Waals surface area contributed by atoms with Crippen LogP contribution in [0, 0.1) is 0 Å². The molecule has 0 fully saturated rings. The lowest BCUT2D eigenvalue weighted by Gasteiger charge is -2.07. The first-order valence-electron chi connectivity index (χ1n) is 8.29. The van der Waals surface area contributed by atoms with E-state index < -0.39 is 0 Å². The molecular weight excluding hydrogens is 401 g/mol. The van der Waals surface area contributed by atoms with Gasteiger partial charge in [0.05, 0.1) is 27.6 Å². The monoisotopic (exact) mass is 413 g/mol. The lowest BCUT2D eigenvalue weighted by Crippen LogP contribution is -1.99. The summed E-state index contributed by atoms with van der Waals surface area (Å²) in [5, 5.41) is 1.73. The quantitative estimate of drug-likeness (QED) is 0.338. The molecule has 4 aromatic rings. The van der Waals surface area contributed by atoms with Crippen molar-refractivity contribution in [2.45, 2.75) is 6.54 Å². The number of benzene rings is 3. The van der Waals surface area contributed by atoms with Gasteiger partial charge >= 0.3 is 0 Å². The largest absolute Gasteiger partial charge is 0.304 e. The van der Waals surface area contributed by atoms with E-state index in [9.17, 15) is 0 Å². The highest BCUT2D eigenvalue weighted by Crippen LogP contribution is 2.25. The molecule has 1 aromatic heterocycles. The molecule has 3 aromatic carbocycles. The highest BCUT2D eigenvalue weighted by molar-refractivity contribution is 6.42. The fourth-order valence-corrected chi connectivity index (χ4v) is 3.25. The maximum Gasteiger partial charge on any atom is 0.230 e. The van der Waals surface area contributed by atoms with Gasteiger partial charge in [-0.05, 0) is 47.5 Å². The second-order valence-electron chi connectivity index (χ2n) is 6.04. The molecule has 134 valence electrons. The van der Waals surface area contributed by atoms with Crippen LogP contribution in [-0.4, -0.2) is 15.8 Å². The van der Waals surface area contributed by atoms with E-state index in [0.29, 0.717) is 27.6 Å². The van der Waals surface area contributed by atoms with Crippen molar-refractivity contribution >= 4 is 58.0 Å². The Hall–Kier alpha value is -2.33. The number of imidazole rings is 1. The third-order valence-electron chi connectivity index (χ3n) is 4.16. The predicted molar refractivity (Wildman–Crippen MR) is 114 cm³/mol. The average Bonchev–Trinajstić information content (AvgIpc) is 3.02.